The summed E-state index contributed by atoms with van der Waals surface area (Å²) < 4.78 is 1.96. The Hall–Kier alpha value is -1.59. The van der Waals surface area contributed by atoms with E-state index >= 15 is 0 Å². The van der Waals surface area contributed by atoms with Crippen LogP contribution in [0.3, 0.4) is 0 Å². The van der Waals surface area contributed by atoms with Crippen LogP contribution in [0.4, 0.5) is 0 Å². The molecule has 4 heterocycles. The number of rotatable bonds is 2. The van der Waals surface area contributed by atoms with Crippen LogP contribution in [0.5, 0.6) is 0 Å². The van der Waals surface area contributed by atoms with Crippen molar-refractivity contribution < 1.29 is 4.79 Å². The van der Waals surface area contributed by atoms with Gasteiger partial charge in [-0.1, -0.05) is 0 Å². The summed E-state index contributed by atoms with van der Waals surface area (Å²) in [4.78, 5) is 19.8. The third-order valence-electron chi connectivity index (χ3n) is 6.26. The van der Waals surface area contributed by atoms with Crippen LogP contribution in [-0.4, -0.2) is 45.0 Å². The van der Waals surface area contributed by atoms with E-state index in [1.54, 1.807) is 6.33 Å². The van der Waals surface area contributed by atoms with Crippen molar-refractivity contribution in [3.8, 4) is 0 Å². The topological polar surface area (TPSA) is 50.2 Å². The molecule has 1 aliphatic carbocycles. The summed E-state index contributed by atoms with van der Waals surface area (Å²) in [6.07, 6.45) is 6.74. The lowest BCUT2D eigenvalue weighted by molar-refractivity contribution is -0.00144. The summed E-state index contributed by atoms with van der Waals surface area (Å²) >= 11 is 0. The van der Waals surface area contributed by atoms with Gasteiger partial charge in [-0.15, -0.1) is 12.4 Å². The van der Waals surface area contributed by atoms with Crippen LogP contribution in [0.1, 0.15) is 36.0 Å². The minimum atomic E-state index is 0. The van der Waals surface area contributed by atoms with E-state index in [1.165, 1.54) is 38.8 Å². The van der Waals surface area contributed by atoms with Gasteiger partial charge in [0.2, 0.25) is 0 Å². The summed E-state index contributed by atoms with van der Waals surface area (Å²) in [5.74, 6) is 0.727. The van der Waals surface area contributed by atoms with Gasteiger partial charge < -0.3 is 9.88 Å². The number of amides is 1. The minimum Gasteiger partial charge on any atom is -0.347 e. The number of benzene rings is 1. The van der Waals surface area contributed by atoms with Crippen molar-refractivity contribution >= 4 is 29.3 Å². The average molecular weight is 347 g/mol. The molecule has 2 aromatic rings. The molecular weight excluding hydrogens is 324 g/mol. The highest BCUT2D eigenvalue weighted by Gasteiger charge is 2.60. The second-order valence-electron chi connectivity index (χ2n) is 7.44. The van der Waals surface area contributed by atoms with Crippen LogP contribution in [0.2, 0.25) is 0 Å². The maximum atomic E-state index is 12.8. The van der Waals surface area contributed by atoms with Gasteiger partial charge in [0, 0.05) is 18.2 Å². The smallest absolute Gasteiger partial charge is 0.251 e. The highest BCUT2D eigenvalue weighted by molar-refractivity contribution is 5.97. The van der Waals surface area contributed by atoms with Gasteiger partial charge in [0.1, 0.15) is 0 Å². The lowest BCUT2D eigenvalue weighted by atomic mass is 9.77. The van der Waals surface area contributed by atoms with Crippen molar-refractivity contribution in [2.75, 3.05) is 13.1 Å². The van der Waals surface area contributed by atoms with Gasteiger partial charge in [0.05, 0.1) is 23.4 Å². The molecule has 24 heavy (non-hydrogen) atoms. The molecule has 6 rings (SSSR count). The van der Waals surface area contributed by atoms with E-state index in [4.69, 9.17) is 0 Å². The standard InChI is InChI=1S/C18H22N4O.ClH/c1-21-11-19-14-3-2-13(10-15(14)21)17(23)20-16-12-4-8-22(9-5-12)18(16)6-7-18;/h2-3,10-12,16H,4-9H2,1H3,(H,20,23);1H/t16-;/m1./s1. The fourth-order valence-corrected chi connectivity index (χ4v) is 4.81. The van der Waals surface area contributed by atoms with Gasteiger partial charge in [-0.05, 0) is 62.9 Å². The van der Waals surface area contributed by atoms with Crippen molar-refractivity contribution in [2.24, 2.45) is 13.0 Å². The first kappa shape index (κ1) is 15.9. The molecule has 4 fully saturated rings. The molecule has 1 spiro atoms. The predicted molar refractivity (Wildman–Crippen MR) is 95.5 cm³/mol. The number of aryl methyl sites for hydroxylation is 1. The van der Waals surface area contributed by atoms with E-state index in [0.29, 0.717) is 12.0 Å². The fourth-order valence-electron chi connectivity index (χ4n) is 4.81. The predicted octanol–water partition coefficient (Wildman–Crippen LogP) is 2.35. The summed E-state index contributed by atoms with van der Waals surface area (Å²) in [6.45, 7) is 2.44. The summed E-state index contributed by atoms with van der Waals surface area (Å²) in [6, 6.07) is 6.12. The number of nitrogens with one attached hydrogen (secondary N) is 1. The monoisotopic (exact) mass is 346 g/mol. The Morgan fingerprint density at radius 2 is 2.04 bits per heavy atom. The van der Waals surface area contributed by atoms with Gasteiger partial charge in [-0.25, -0.2) is 4.98 Å². The molecule has 4 aliphatic rings. The van der Waals surface area contributed by atoms with E-state index in [2.05, 4.69) is 15.2 Å². The molecule has 0 radical (unpaired) electrons. The molecule has 1 atom stereocenters. The van der Waals surface area contributed by atoms with Crippen molar-refractivity contribution in [1.82, 2.24) is 19.8 Å². The van der Waals surface area contributed by atoms with E-state index in [0.717, 1.165) is 16.6 Å². The number of nitrogens with zero attached hydrogens (tertiary/aromatic N) is 3. The average Bonchev–Trinajstić information content (AvgIpc) is 3.28. The molecule has 1 saturated carbocycles. The Morgan fingerprint density at radius 1 is 1.29 bits per heavy atom. The van der Waals surface area contributed by atoms with Gasteiger partial charge in [0.15, 0.2) is 0 Å². The van der Waals surface area contributed by atoms with Crippen molar-refractivity contribution in [3.05, 3.63) is 30.1 Å². The first-order valence-electron chi connectivity index (χ1n) is 8.64. The second-order valence-corrected chi connectivity index (χ2v) is 7.44. The number of fused-ring (bicyclic) bond motifs is 3. The van der Waals surface area contributed by atoms with E-state index in [1.807, 2.05) is 29.8 Å². The molecule has 0 unspecified atom stereocenters. The molecular formula is C18H23ClN4O. The molecule has 3 saturated heterocycles. The highest BCUT2D eigenvalue weighted by Crippen LogP contribution is 2.53. The van der Waals surface area contributed by atoms with Crippen LogP contribution >= 0.6 is 12.4 Å². The first-order chi connectivity index (χ1) is 11.2. The maximum absolute atomic E-state index is 12.8. The summed E-state index contributed by atoms with van der Waals surface area (Å²) in [5.41, 5.74) is 2.97. The van der Waals surface area contributed by atoms with Gasteiger partial charge in [-0.3, -0.25) is 9.69 Å². The molecule has 2 bridgehead atoms. The lowest BCUT2D eigenvalue weighted by Gasteiger charge is -2.52. The lowest BCUT2D eigenvalue weighted by Crippen LogP contribution is -2.65. The van der Waals surface area contributed by atoms with E-state index in [9.17, 15) is 4.79 Å². The minimum absolute atomic E-state index is 0. The number of hydrogen-bond donors (Lipinski definition) is 1. The first-order valence-corrected chi connectivity index (χ1v) is 8.64. The molecule has 3 aliphatic heterocycles. The molecule has 1 aromatic carbocycles. The fraction of sp³-hybridized carbons (Fsp3) is 0.556. The number of imidazole rings is 1. The van der Waals surface area contributed by atoms with E-state index < -0.39 is 0 Å². The zero-order valence-electron chi connectivity index (χ0n) is 13.9. The Balaban J connectivity index is 0.00000146. The maximum Gasteiger partial charge on any atom is 0.251 e. The third-order valence-corrected chi connectivity index (χ3v) is 6.26. The zero-order chi connectivity index (χ0) is 15.6. The van der Waals surface area contributed by atoms with E-state index in [-0.39, 0.29) is 23.9 Å². The van der Waals surface area contributed by atoms with Crippen molar-refractivity contribution in [3.63, 3.8) is 0 Å². The number of carbonyl (C=O) groups excluding carboxylic acids is 1. The van der Waals surface area contributed by atoms with Gasteiger partial charge in [0.25, 0.3) is 5.91 Å². The summed E-state index contributed by atoms with van der Waals surface area (Å²) in [5, 5.41) is 3.39. The highest BCUT2D eigenvalue weighted by atomic mass is 35.5. The molecule has 6 heteroatoms. The van der Waals surface area contributed by atoms with Gasteiger partial charge >= 0.3 is 0 Å². The van der Waals surface area contributed by atoms with Crippen LogP contribution < -0.4 is 5.32 Å². The number of carbonyl (C=O) groups is 1. The molecule has 1 aromatic heterocycles. The molecule has 1 N–H and O–H groups in total. The van der Waals surface area contributed by atoms with Crippen LogP contribution in [0.15, 0.2) is 24.5 Å². The van der Waals surface area contributed by atoms with Crippen LogP contribution in [-0.2, 0) is 7.05 Å². The zero-order valence-corrected chi connectivity index (χ0v) is 14.7. The second kappa shape index (κ2) is 5.46. The largest absolute Gasteiger partial charge is 0.347 e. The number of piperidine rings is 3. The molecule has 128 valence electrons. The summed E-state index contributed by atoms with van der Waals surface area (Å²) in [7, 11) is 1.96. The Kier molecular flexibility index (Phi) is 3.62. The quantitative estimate of drug-likeness (QED) is 0.908. The van der Waals surface area contributed by atoms with Crippen molar-refractivity contribution in [1.29, 1.82) is 0 Å². The van der Waals surface area contributed by atoms with Crippen LogP contribution in [0.25, 0.3) is 11.0 Å². The Bertz CT molecular complexity index is 789. The SMILES string of the molecule is Cl.Cn1cnc2ccc(C(=O)N[C@@H]3C4CCN(CC4)C34CC4)cc21. The number of hydrogen-bond acceptors (Lipinski definition) is 3. The normalized spacial score (nSPS) is 29.5. The van der Waals surface area contributed by atoms with Gasteiger partial charge in [-0.2, -0.15) is 0 Å². The Labute approximate surface area is 147 Å². The molecule has 5 nitrogen and oxygen atoms in total. The number of halogens is 1. The van der Waals surface area contributed by atoms with Crippen molar-refractivity contribution in [2.45, 2.75) is 37.3 Å². The Morgan fingerprint density at radius 3 is 2.75 bits per heavy atom. The third kappa shape index (κ3) is 2.18. The van der Waals surface area contributed by atoms with Crippen LogP contribution in [0, 0.1) is 5.92 Å². The molecule has 1 amide bonds. The number of aromatic nitrogens is 2.